The summed E-state index contributed by atoms with van der Waals surface area (Å²) < 4.78 is 2.19. The fourth-order valence-corrected chi connectivity index (χ4v) is 6.04. The van der Waals surface area contributed by atoms with E-state index in [0.717, 1.165) is 44.2 Å². The Labute approximate surface area is 270 Å². The minimum atomic E-state index is 0.0552. The maximum Gasteiger partial charge on any atom is 0.164 e. The number of hydrogen-bond acceptors (Lipinski definition) is 4. The molecule has 0 aliphatic carbocycles. The molecule has 5 aromatic carbocycles. The van der Waals surface area contributed by atoms with Crippen molar-refractivity contribution >= 4 is 21.8 Å². The summed E-state index contributed by atoms with van der Waals surface area (Å²) in [5.74, 6) is 2.18. The number of phenols is 1. The minimum absolute atomic E-state index is 0.0552. The molecule has 0 aliphatic heterocycles. The molecule has 2 heterocycles. The Morgan fingerprint density at radius 2 is 0.913 bits per heavy atom. The van der Waals surface area contributed by atoms with Gasteiger partial charge >= 0.3 is 0 Å². The van der Waals surface area contributed by atoms with E-state index < -0.39 is 0 Å². The molecule has 0 radical (unpaired) electrons. The van der Waals surface area contributed by atoms with Crippen LogP contribution in [-0.4, -0.2) is 24.6 Å². The third-order valence-corrected chi connectivity index (χ3v) is 8.71. The molecule has 0 atom stereocenters. The van der Waals surface area contributed by atoms with Gasteiger partial charge in [-0.15, -0.1) is 0 Å². The first-order valence-corrected chi connectivity index (χ1v) is 15.8. The van der Waals surface area contributed by atoms with Crippen LogP contribution in [0.1, 0.15) is 52.7 Å². The SMILES string of the molecule is CC(C)(C)c1ccc(-c2nc(-c3ccc(-n4c5ccccc5c5c(O)cccc54)cc3)nc(-c3ccc(C(C)(C)C)cc3)n2)cc1. The second kappa shape index (κ2) is 11.0. The van der Waals surface area contributed by atoms with Crippen LogP contribution in [-0.2, 0) is 10.8 Å². The molecule has 0 unspecified atom stereocenters. The zero-order valence-corrected chi connectivity index (χ0v) is 27.2. The molecule has 0 fully saturated rings. The quantitative estimate of drug-likeness (QED) is 0.218. The van der Waals surface area contributed by atoms with Gasteiger partial charge in [0, 0.05) is 33.2 Å². The van der Waals surface area contributed by atoms with E-state index in [-0.39, 0.29) is 16.6 Å². The zero-order valence-electron chi connectivity index (χ0n) is 27.2. The third kappa shape index (κ3) is 5.32. The van der Waals surface area contributed by atoms with Crippen LogP contribution in [0.4, 0.5) is 0 Å². The maximum absolute atomic E-state index is 10.7. The highest BCUT2D eigenvalue weighted by Gasteiger charge is 2.19. The first-order valence-electron chi connectivity index (χ1n) is 15.8. The van der Waals surface area contributed by atoms with E-state index >= 15 is 0 Å². The Morgan fingerprint density at radius 3 is 1.39 bits per heavy atom. The van der Waals surface area contributed by atoms with Crippen LogP contribution in [0.3, 0.4) is 0 Å². The van der Waals surface area contributed by atoms with E-state index in [1.165, 1.54) is 11.1 Å². The number of para-hydroxylation sites is 1. The van der Waals surface area contributed by atoms with Crippen molar-refractivity contribution in [2.75, 3.05) is 0 Å². The van der Waals surface area contributed by atoms with Gasteiger partial charge in [-0.1, -0.05) is 114 Å². The zero-order chi connectivity index (χ0) is 32.2. The molecule has 0 amide bonds. The van der Waals surface area contributed by atoms with Crippen molar-refractivity contribution in [2.24, 2.45) is 0 Å². The van der Waals surface area contributed by atoms with Crippen molar-refractivity contribution in [3.05, 3.63) is 126 Å². The lowest BCUT2D eigenvalue weighted by Crippen LogP contribution is -2.10. The lowest BCUT2D eigenvalue weighted by Gasteiger charge is -2.19. The first kappa shape index (κ1) is 29.4. The van der Waals surface area contributed by atoms with Gasteiger partial charge in [0.1, 0.15) is 5.75 Å². The van der Waals surface area contributed by atoms with Crippen molar-refractivity contribution in [1.29, 1.82) is 0 Å². The minimum Gasteiger partial charge on any atom is -0.507 e. The van der Waals surface area contributed by atoms with Gasteiger partial charge in [0.25, 0.3) is 0 Å². The van der Waals surface area contributed by atoms with Crippen LogP contribution in [0.2, 0.25) is 0 Å². The normalized spacial score (nSPS) is 12.2. The van der Waals surface area contributed by atoms with Crippen LogP contribution >= 0.6 is 0 Å². The number of phenolic OH excluding ortho intramolecular Hbond substituents is 1. The maximum atomic E-state index is 10.7. The molecule has 1 N–H and O–H groups in total. The van der Waals surface area contributed by atoms with Gasteiger partial charge in [-0.05, 0) is 64.4 Å². The number of hydrogen-bond donors (Lipinski definition) is 1. The van der Waals surface area contributed by atoms with Crippen molar-refractivity contribution in [3.8, 4) is 45.6 Å². The number of rotatable bonds is 4. The Balaban J connectivity index is 1.34. The smallest absolute Gasteiger partial charge is 0.164 e. The third-order valence-electron chi connectivity index (χ3n) is 8.71. The van der Waals surface area contributed by atoms with Crippen LogP contribution in [0.15, 0.2) is 115 Å². The van der Waals surface area contributed by atoms with E-state index in [0.29, 0.717) is 17.5 Å². The summed E-state index contributed by atoms with van der Waals surface area (Å²) in [4.78, 5) is 14.9. The standard InChI is InChI=1S/C41H38N4O/c1-40(2,3)29-20-14-26(15-21-29)37-42-38(27-16-22-30(23-17-27)41(4,5)6)44-39(43-37)28-18-24-31(25-19-28)45-33-11-8-7-10-32(33)36-34(45)12-9-13-35(36)46/h7-25,46H,1-6H3. The van der Waals surface area contributed by atoms with Crippen LogP contribution < -0.4 is 0 Å². The van der Waals surface area contributed by atoms with Crippen LogP contribution in [0, 0.1) is 0 Å². The number of aromatic nitrogens is 4. The molecular formula is C41H38N4O. The molecule has 5 heteroatoms. The highest BCUT2D eigenvalue weighted by molar-refractivity contribution is 6.12. The summed E-state index contributed by atoms with van der Waals surface area (Å²) in [6.07, 6.45) is 0. The summed E-state index contributed by atoms with van der Waals surface area (Å²) in [7, 11) is 0. The van der Waals surface area contributed by atoms with E-state index in [1.54, 1.807) is 6.07 Å². The Kier molecular flexibility index (Phi) is 7.01. The summed E-state index contributed by atoms with van der Waals surface area (Å²) in [5.41, 5.74) is 8.41. The van der Waals surface area contributed by atoms with Crippen LogP contribution in [0.25, 0.3) is 61.7 Å². The Morgan fingerprint density at radius 1 is 0.478 bits per heavy atom. The van der Waals surface area contributed by atoms with Gasteiger partial charge in [-0.2, -0.15) is 0 Å². The highest BCUT2D eigenvalue weighted by atomic mass is 16.3. The fourth-order valence-electron chi connectivity index (χ4n) is 6.04. The molecule has 0 saturated carbocycles. The lowest BCUT2D eigenvalue weighted by atomic mass is 9.86. The van der Waals surface area contributed by atoms with Gasteiger partial charge in [0.05, 0.1) is 11.0 Å². The second-order valence-corrected chi connectivity index (χ2v) is 14.0. The number of aromatic hydroxyl groups is 1. The van der Waals surface area contributed by atoms with E-state index in [4.69, 9.17) is 15.0 Å². The second-order valence-electron chi connectivity index (χ2n) is 14.0. The average Bonchev–Trinajstić information content (AvgIpc) is 3.39. The summed E-state index contributed by atoms with van der Waals surface area (Å²) in [5, 5.41) is 12.6. The van der Waals surface area contributed by atoms with E-state index in [1.807, 2.05) is 24.3 Å². The average molecular weight is 603 g/mol. The predicted molar refractivity (Wildman–Crippen MR) is 190 cm³/mol. The number of benzene rings is 5. The van der Waals surface area contributed by atoms with Crippen molar-refractivity contribution in [3.63, 3.8) is 0 Å². The molecule has 7 rings (SSSR count). The summed E-state index contributed by atoms with van der Waals surface area (Å²) in [6.45, 7) is 13.3. The molecular weight excluding hydrogens is 564 g/mol. The Hall–Kier alpha value is -5.29. The van der Waals surface area contributed by atoms with Crippen molar-refractivity contribution in [1.82, 2.24) is 19.5 Å². The van der Waals surface area contributed by atoms with Gasteiger partial charge in [0.15, 0.2) is 17.5 Å². The molecule has 0 aliphatic rings. The van der Waals surface area contributed by atoms with Crippen molar-refractivity contribution < 1.29 is 5.11 Å². The molecule has 7 aromatic rings. The first-order chi connectivity index (χ1) is 22.0. The van der Waals surface area contributed by atoms with Gasteiger partial charge < -0.3 is 9.67 Å². The predicted octanol–water partition coefficient (Wildman–Crippen LogP) is 10.3. The molecule has 0 bridgehead atoms. The van der Waals surface area contributed by atoms with E-state index in [2.05, 4.69) is 131 Å². The monoisotopic (exact) mass is 602 g/mol. The molecule has 228 valence electrons. The van der Waals surface area contributed by atoms with Crippen LogP contribution in [0.5, 0.6) is 5.75 Å². The van der Waals surface area contributed by atoms with Gasteiger partial charge in [-0.25, -0.2) is 15.0 Å². The highest BCUT2D eigenvalue weighted by Crippen LogP contribution is 2.37. The topological polar surface area (TPSA) is 63.8 Å². The van der Waals surface area contributed by atoms with Gasteiger partial charge in [-0.3, -0.25) is 0 Å². The largest absolute Gasteiger partial charge is 0.507 e. The number of nitrogens with zero attached hydrogens (tertiary/aromatic N) is 4. The lowest BCUT2D eigenvalue weighted by molar-refractivity contribution is 0.482. The molecule has 46 heavy (non-hydrogen) atoms. The summed E-state index contributed by atoms with van der Waals surface area (Å²) in [6, 6.07) is 39.2. The van der Waals surface area contributed by atoms with E-state index in [9.17, 15) is 5.11 Å². The summed E-state index contributed by atoms with van der Waals surface area (Å²) >= 11 is 0. The van der Waals surface area contributed by atoms with Gasteiger partial charge in [0.2, 0.25) is 0 Å². The van der Waals surface area contributed by atoms with Crippen molar-refractivity contribution in [2.45, 2.75) is 52.4 Å². The molecule has 2 aromatic heterocycles. The Bertz CT molecular complexity index is 2120. The molecule has 0 saturated heterocycles. The molecule has 5 nitrogen and oxygen atoms in total. The number of fused-ring (bicyclic) bond motifs is 3. The fraction of sp³-hybridized carbons (Fsp3) is 0.195. The molecule has 0 spiro atoms.